The van der Waals surface area contributed by atoms with E-state index in [-0.39, 0.29) is 11.6 Å². The second kappa shape index (κ2) is 4.09. The van der Waals surface area contributed by atoms with Gasteiger partial charge in [-0.1, -0.05) is 24.8 Å². The highest BCUT2D eigenvalue weighted by molar-refractivity contribution is 6.23. The molecule has 2 heterocycles. The summed E-state index contributed by atoms with van der Waals surface area (Å²) >= 11 is 0. The fourth-order valence-electron chi connectivity index (χ4n) is 2.45. The van der Waals surface area contributed by atoms with Gasteiger partial charge in [-0.25, -0.2) is 4.79 Å². The summed E-state index contributed by atoms with van der Waals surface area (Å²) < 4.78 is 0. The highest BCUT2D eigenvalue weighted by Gasteiger charge is 2.34. The van der Waals surface area contributed by atoms with Crippen LogP contribution in [-0.4, -0.2) is 22.0 Å². The van der Waals surface area contributed by atoms with E-state index in [0.29, 0.717) is 22.6 Å². The number of aromatic amines is 1. The van der Waals surface area contributed by atoms with Crippen molar-refractivity contribution in [2.45, 2.75) is 6.92 Å². The molecule has 1 aromatic heterocycles. The number of anilines is 1. The molecule has 1 aliphatic heterocycles. The van der Waals surface area contributed by atoms with Crippen LogP contribution in [0.4, 0.5) is 5.69 Å². The van der Waals surface area contributed by atoms with E-state index in [4.69, 9.17) is 0 Å². The van der Waals surface area contributed by atoms with Crippen LogP contribution in [0.2, 0.25) is 0 Å². The highest BCUT2D eigenvalue weighted by Crippen LogP contribution is 2.37. The number of amides is 1. The molecular formula is C15H12N2O3. The minimum atomic E-state index is -1.11. The third-order valence-corrected chi connectivity index (χ3v) is 3.33. The Hall–Kier alpha value is -2.82. The molecule has 0 bridgehead atoms. The van der Waals surface area contributed by atoms with Crippen molar-refractivity contribution in [2.24, 2.45) is 0 Å². The molecule has 2 aromatic rings. The summed E-state index contributed by atoms with van der Waals surface area (Å²) in [6, 6.07) is 8.74. The zero-order chi connectivity index (χ0) is 14.4. The van der Waals surface area contributed by atoms with Crippen LogP contribution in [0.25, 0.3) is 5.70 Å². The number of carboxylic acids is 1. The Morgan fingerprint density at radius 3 is 2.55 bits per heavy atom. The normalized spacial score (nSPS) is 13.8. The van der Waals surface area contributed by atoms with Gasteiger partial charge >= 0.3 is 5.97 Å². The topological polar surface area (TPSA) is 73.4 Å². The number of carbonyl (C=O) groups is 2. The number of nitrogens with zero attached hydrogens (tertiary/aromatic N) is 1. The van der Waals surface area contributed by atoms with Crippen LogP contribution in [0.15, 0.2) is 36.9 Å². The van der Waals surface area contributed by atoms with Crippen LogP contribution in [-0.2, 0) is 0 Å². The summed E-state index contributed by atoms with van der Waals surface area (Å²) in [5.74, 6) is -1.36. The molecule has 1 aliphatic rings. The first-order valence-corrected chi connectivity index (χ1v) is 6.06. The molecule has 2 N–H and O–H groups in total. The highest BCUT2D eigenvalue weighted by atomic mass is 16.4. The number of carboxylic acid groups (broad SMARTS) is 1. The second-order valence-electron chi connectivity index (χ2n) is 4.65. The molecule has 5 nitrogen and oxygen atoms in total. The summed E-state index contributed by atoms with van der Waals surface area (Å²) in [6.45, 7) is 5.65. The Bertz CT molecular complexity index is 723. The molecule has 0 aliphatic carbocycles. The van der Waals surface area contributed by atoms with E-state index in [1.165, 1.54) is 4.90 Å². The third kappa shape index (κ3) is 1.56. The number of aryl methyl sites for hydroxylation is 1. The average molecular weight is 268 g/mol. The molecule has 5 heteroatoms. The lowest BCUT2D eigenvalue weighted by Crippen LogP contribution is -2.23. The molecule has 1 aromatic carbocycles. The first kappa shape index (κ1) is 12.2. The fourth-order valence-corrected chi connectivity index (χ4v) is 2.45. The van der Waals surface area contributed by atoms with Gasteiger partial charge in [-0.2, -0.15) is 0 Å². The molecule has 0 fully saturated rings. The molecule has 0 atom stereocenters. The number of nitrogens with one attached hydrogen (secondary N) is 1. The van der Waals surface area contributed by atoms with E-state index in [1.807, 2.05) is 6.07 Å². The SMILES string of the molecule is C=C1c2ccccc2C(=O)N1c1cc(C)[nH]c1C(=O)O. The Balaban J connectivity index is 2.17. The zero-order valence-corrected chi connectivity index (χ0v) is 10.8. The predicted octanol–water partition coefficient (Wildman–Crippen LogP) is 2.65. The maximum atomic E-state index is 12.4. The van der Waals surface area contributed by atoms with Crippen LogP contribution in [0, 0.1) is 6.92 Å². The van der Waals surface area contributed by atoms with Gasteiger partial charge in [0.1, 0.15) is 5.69 Å². The van der Waals surface area contributed by atoms with Crippen molar-refractivity contribution in [3.63, 3.8) is 0 Å². The number of hydrogen-bond acceptors (Lipinski definition) is 2. The Morgan fingerprint density at radius 1 is 1.30 bits per heavy atom. The molecule has 0 radical (unpaired) electrons. The van der Waals surface area contributed by atoms with Gasteiger partial charge in [0.15, 0.2) is 0 Å². The lowest BCUT2D eigenvalue weighted by molar-refractivity contribution is 0.0692. The van der Waals surface area contributed by atoms with E-state index in [1.54, 1.807) is 31.2 Å². The molecule has 0 saturated heterocycles. The summed E-state index contributed by atoms with van der Waals surface area (Å²) in [6.07, 6.45) is 0. The molecule has 100 valence electrons. The summed E-state index contributed by atoms with van der Waals surface area (Å²) in [4.78, 5) is 27.8. The van der Waals surface area contributed by atoms with Crippen molar-refractivity contribution >= 4 is 23.3 Å². The van der Waals surface area contributed by atoms with Gasteiger partial charge < -0.3 is 10.1 Å². The van der Waals surface area contributed by atoms with Gasteiger partial charge in [0.05, 0.1) is 11.4 Å². The average Bonchev–Trinajstić information content (AvgIpc) is 2.90. The molecular weight excluding hydrogens is 256 g/mol. The van der Waals surface area contributed by atoms with Crippen LogP contribution < -0.4 is 4.90 Å². The summed E-state index contributed by atoms with van der Waals surface area (Å²) in [7, 11) is 0. The number of hydrogen-bond donors (Lipinski definition) is 2. The van der Waals surface area contributed by atoms with Crippen molar-refractivity contribution < 1.29 is 14.7 Å². The van der Waals surface area contributed by atoms with Crippen LogP contribution in [0.3, 0.4) is 0 Å². The minimum absolute atomic E-state index is 0.00944. The largest absolute Gasteiger partial charge is 0.477 e. The lowest BCUT2D eigenvalue weighted by Gasteiger charge is -2.16. The smallest absolute Gasteiger partial charge is 0.354 e. The molecule has 1 amide bonds. The van der Waals surface area contributed by atoms with E-state index in [9.17, 15) is 14.7 Å². The third-order valence-electron chi connectivity index (χ3n) is 3.33. The molecule has 3 rings (SSSR count). The predicted molar refractivity (Wildman–Crippen MR) is 74.8 cm³/mol. The maximum absolute atomic E-state index is 12.4. The van der Waals surface area contributed by atoms with Crippen molar-refractivity contribution in [3.05, 3.63) is 59.4 Å². The number of benzene rings is 1. The van der Waals surface area contributed by atoms with Crippen LogP contribution >= 0.6 is 0 Å². The van der Waals surface area contributed by atoms with Gasteiger partial charge in [-0.3, -0.25) is 9.69 Å². The fraction of sp³-hybridized carbons (Fsp3) is 0.0667. The number of aromatic carboxylic acids is 1. The number of H-pyrrole nitrogens is 1. The van der Waals surface area contributed by atoms with Gasteiger partial charge in [0, 0.05) is 16.8 Å². The summed E-state index contributed by atoms with van der Waals surface area (Å²) in [5, 5.41) is 9.23. The standard InChI is InChI=1S/C15H12N2O3/c1-8-7-12(13(16-8)15(19)20)17-9(2)10-5-3-4-6-11(10)14(17)18/h3-7,16H,2H2,1H3,(H,19,20). The number of rotatable bonds is 2. The van der Waals surface area contributed by atoms with Crippen LogP contribution in [0.1, 0.15) is 32.1 Å². The Morgan fingerprint density at radius 2 is 1.95 bits per heavy atom. The number of aromatic nitrogens is 1. The van der Waals surface area contributed by atoms with E-state index < -0.39 is 5.97 Å². The second-order valence-corrected chi connectivity index (χ2v) is 4.65. The lowest BCUT2D eigenvalue weighted by atomic mass is 10.1. The van der Waals surface area contributed by atoms with Crippen molar-refractivity contribution in [2.75, 3.05) is 4.90 Å². The maximum Gasteiger partial charge on any atom is 0.354 e. The molecule has 0 saturated carbocycles. The molecule has 0 unspecified atom stereocenters. The van der Waals surface area contributed by atoms with Gasteiger partial charge in [0.2, 0.25) is 0 Å². The quantitative estimate of drug-likeness (QED) is 0.879. The Labute approximate surface area is 115 Å². The zero-order valence-electron chi connectivity index (χ0n) is 10.8. The van der Waals surface area contributed by atoms with E-state index in [0.717, 1.165) is 5.56 Å². The van der Waals surface area contributed by atoms with Crippen LogP contribution in [0.5, 0.6) is 0 Å². The number of carbonyl (C=O) groups excluding carboxylic acids is 1. The van der Waals surface area contributed by atoms with E-state index >= 15 is 0 Å². The monoisotopic (exact) mass is 268 g/mol. The van der Waals surface area contributed by atoms with Gasteiger partial charge in [-0.15, -0.1) is 0 Å². The van der Waals surface area contributed by atoms with Crippen molar-refractivity contribution in [3.8, 4) is 0 Å². The van der Waals surface area contributed by atoms with Gasteiger partial charge in [-0.05, 0) is 19.1 Å². The first-order valence-electron chi connectivity index (χ1n) is 6.06. The minimum Gasteiger partial charge on any atom is -0.477 e. The van der Waals surface area contributed by atoms with Crippen molar-refractivity contribution in [1.82, 2.24) is 4.98 Å². The first-order chi connectivity index (χ1) is 9.50. The summed E-state index contributed by atoms with van der Waals surface area (Å²) in [5.41, 5.74) is 2.74. The Kier molecular flexibility index (Phi) is 2.50. The number of fused-ring (bicyclic) bond motifs is 1. The molecule has 0 spiro atoms. The molecule has 20 heavy (non-hydrogen) atoms. The van der Waals surface area contributed by atoms with E-state index in [2.05, 4.69) is 11.6 Å². The van der Waals surface area contributed by atoms with Crippen molar-refractivity contribution in [1.29, 1.82) is 0 Å². The van der Waals surface area contributed by atoms with Gasteiger partial charge in [0.25, 0.3) is 5.91 Å².